The highest BCUT2D eigenvalue weighted by molar-refractivity contribution is 9.10. The molecule has 0 fully saturated rings. The Kier molecular flexibility index (Phi) is 4.64. The van der Waals surface area contributed by atoms with Gasteiger partial charge in [-0.05, 0) is 59.3 Å². The van der Waals surface area contributed by atoms with Crippen molar-refractivity contribution >= 4 is 21.7 Å². The monoisotopic (exact) mass is 324 g/mol. The van der Waals surface area contributed by atoms with Crippen LogP contribution in [0.4, 0.5) is 0 Å². The molecule has 0 N–H and O–H groups in total. The van der Waals surface area contributed by atoms with E-state index in [0.29, 0.717) is 21.5 Å². The average Bonchev–Trinajstić information content (AvgIpc) is 2.47. The molecule has 0 atom stereocenters. The van der Waals surface area contributed by atoms with Gasteiger partial charge in [0.2, 0.25) is 0 Å². The first kappa shape index (κ1) is 14.1. The Morgan fingerprint density at radius 3 is 2.58 bits per heavy atom. The number of ketones is 1. The maximum Gasteiger partial charge on any atom is 0.192 e. The number of hydrogen-bond acceptors (Lipinski definition) is 3. The molecule has 0 saturated heterocycles. The minimum absolute atomic E-state index is 0.0555. The lowest BCUT2D eigenvalue weighted by molar-refractivity contribution is 0.102. The van der Waals surface area contributed by atoms with E-state index in [4.69, 9.17) is 9.47 Å². The van der Waals surface area contributed by atoms with E-state index in [1.165, 1.54) is 6.42 Å². The lowest BCUT2D eigenvalue weighted by Crippen LogP contribution is -2.08. The van der Waals surface area contributed by atoms with E-state index in [0.717, 1.165) is 24.8 Å². The molecular formula is C15H17BrO3. The molecule has 3 nitrogen and oxygen atoms in total. The summed E-state index contributed by atoms with van der Waals surface area (Å²) in [5.74, 6) is 1.25. The summed E-state index contributed by atoms with van der Waals surface area (Å²) in [7, 11) is 3.15. The molecule has 1 aliphatic carbocycles. The zero-order valence-corrected chi connectivity index (χ0v) is 12.7. The molecule has 0 saturated carbocycles. The Labute approximate surface area is 121 Å². The van der Waals surface area contributed by atoms with E-state index in [2.05, 4.69) is 15.9 Å². The summed E-state index contributed by atoms with van der Waals surface area (Å²) in [5, 5.41) is 0. The van der Waals surface area contributed by atoms with Gasteiger partial charge in [-0.3, -0.25) is 4.79 Å². The molecule has 0 spiro atoms. The van der Waals surface area contributed by atoms with Crippen molar-refractivity contribution < 1.29 is 14.3 Å². The van der Waals surface area contributed by atoms with Gasteiger partial charge in [-0.1, -0.05) is 6.08 Å². The van der Waals surface area contributed by atoms with Crippen LogP contribution in [-0.2, 0) is 0 Å². The summed E-state index contributed by atoms with van der Waals surface area (Å²) >= 11 is 3.42. The summed E-state index contributed by atoms with van der Waals surface area (Å²) in [5.41, 5.74) is 1.48. The summed E-state index contributed by atoms with van der Waals surface area (Å²) in [6.07, 6.45) is 6.13. The summed E-state index contributed by atoms with van der Waals surface area (Å²) < 4.78 is 11.3. The number of methoxy groups -OCH3 is 2. The van der Waals surface area contributed by atoms with Gasteiger partial charge in [-0.15, -0.1) is 0 Å². The highest BCUT2D eigenvalue weighted by Gasteiger charge is 2.21. The number of Topliss-reactive ketones (excluding diaryl/α,β-unsaturated/α-hetero) is 1. The van der Waals surface area contributed by atoms with E-state index in [1.807, 2.05) is 6.08 Å². The van der Waals surface area contributed by atoms with Gasteiger partial charge in [0.05, 0.1) is 19.8 Å². The van der Waals surface area contributed by atoms with Gasteiger partial charge in [0.1, 0.15) is 16.0 Å². The second-order valence-electron chi connectivity index (χ2n) is 4.47. The number of carbonyl (C=O) groups excluding carboxylic acids is 1. The Balaban J connectivity index is 2.41. The quantitative estimate of drug-likeness (QED) is 0.780. The standard InChI is InChI=1S/C15H17BrO3/c1-18-12-9-8-11(15(19-2)13(12)16)14(17)10-6-4-3-5-7-10/h6,8-9H,3-5,7H2,1-2H3. The van der Waals surface area contributed by atoms with Gasteiger partial charge < -0.3 is 9.47 Å². The molecule has 0 amide bonds. The molecule has 2 rings (SSSR count). The molecule has 1 aromatic rings. The van der Waals surface area contributed by atoms with Crippen LogP contribution in [0.5, 0.6) is 11.5 Å². The summed E-state index contributed by atoms with van der Waals surface area (Å²) in [6.45, 7) is 0. The fourth-order valence-electron chi connectivity index (χ4n) is 2.29. The van der Waals surface area contributed by atoms with Gasteiger partial charge in [0.15, 0.2) is 5.78 Å². The molecule has 0 aromatic heterocycles. The summed E-state index contributed by atoms with van der Waals surface area (Å²) in [4.78, 5) is 12.5. The maximum atomic E-state index is 12.5. The molecule has 0 heterocycles. The highest BCUT2D eigenvalue weighted by Crippen LogP contribution is 2.38. The number of allylic oxidation sites excluding steroid dienone is 2. The Morgan fingerprint density at radius 2 is 2.00 bits per heavy atom. The van der Waals surface area contributed by atoms with Gasteiger partial charge in [0.25, 0.3) is 0 Å². The van der Waals surface area contributed by atoms with Crippen LogP contribution < -0.4 is 9.47 Å². The first-order valence-corrected chi connectivity index (χ1v) is 7.12. The number of rotatable bonds is 4. The van der Waals surface area contributed by atoms with Crippen molar-refractivity contribution in [1.82, 2.24) is 0 Å². The van der Waals surface area contributed by atoms with Crippen molar-refractivity contribution in [2.24, 2.45) is 0 Å². The van der Waals surface area contributed by atoms with E-state index in [1.54, 1.807) is 26.4 Å². The van der Waals surface area contributed by atoms with Crippen molar-refractivity contribution in [3.63, 3.8) is 0 Å². The second-order valence-corrected chi connectivity index (χ2v) is 5.26. The molecule has 0 radical (unpaired) electrons. The van der Waals surface area contributed by atoms with Crippen LogP contribution in [0.3, 0.4) is 0 Å². The van der Waals surface area contributed by atoms with Gasteiger partial charge >= 0.3 is 0 Å². The van der Waals surface area contributed by atoms with E-state index in [-0.39, 0.29) is 5.78 Å². The van der Waals surface area contributed by atoms with Crippen LogP contribution in [0.2, 0.25) is 0 Å². The molecule has 4 heteroatoms. The van der Waals surface area contributed by atoms with Crippen molar-refractivity contribution in [2.75, 3.05) is 14.2 Å². The third kappa shape index (κ3) is 2.84. The number of ether oxygens (including phenoxy) is 2. The fraction of sp³-hybridized carbons (Fsp3) is 0.400. The smallest absolute Gasteiger partial charge is 0.192 e. The van der Waals surface area contributed by atoms with Crippen LogP contribution in [0.1, 0.15) is 36.0 Å². The predicted octanol–water partition coefficient (Wildman–Crippen LogP) is 4.15. The van der Waals surface area contributed by atoms with E-state index in [9.17, 15) is 4.79 Å². The molecule has 0 unspecified atom stereocenters. The third-order valence-corrected chi connectivity index (χ3v) is 4.06. The van der Waals surface area contributed by atoms with E-state index < -0.39 is 0 Å². The van der Waals surface area contributed by atoms with Crippen molar-refractivity contribution in [3.8, 4) is 11.5 Å². The fourth-order valence-corrected chi connectivity index (χ4v) is 2.96. The van der Waals surface area contributed by atoms with Crippen LogP contribution in [-0.4, -0.2) is 20.0 Å². The molecule has 1 aromatic carbocycles. The Hall–Kier alpha value is -1.29. The Morgan fingerprint density at radius 1 is 1.21 bits per heavy atom. The van der Waals surface area contributed by atoms with Crippen molar-refractivity contribution in [2.45, 2.75) is 25.7 Å². The number of benzene rings is 1. The molecule has 19 heavy (non-hydrogen) atoms. The topological polar surface area (TPSA) is 35.5 Å². The molecule has 1 aliphatic rings. The van der Waals surface area contributed by atoms with Gasteiger partial charge in [-0.2, -0.15) is 0 Å². The Bertz CT molecular complexity index is 520. The highest BCUT2D eigenvalue weighted by atomic mass is 79.9. The van der Waals surface area contributed by atoms with Crippen LogP contribution in [0, 0.1) is 0 Å². The van der Waals surface area contributed by atoms with Gasteiger partial charge in [-0.25, -0.2) is 0 Å². The molecule has 102 valence electrons. The number of halogens is 1. The lowest BCUT2D eigenvalue weighted by Gasteiger charge is -2.15. The van der Waals surface area contributed by atoms with E-state index >= 15 is 0 Å². The largest absolute Gasteiger partial charge is 0.495 e. The zero-order chi connectivity index (χ0) is 13.8. The average molecular weight is 325 g/mol. The first-order chi connectivity index (χ1) is 9.19. The van der Waals surface area contributed by atoms with Crippen molar-refractivity contribution in [3.05, 3.63) is 33.8 Å². The molecule has 0 bridgehead atoms. The maximum absolute atomic E-state index is 12.5. The van der Waals surface area contributed by atoms with Crippen molar-refractivity contribution in [1.29, 1.82) is 0 Å². The molecule has 0 aliphatic heterocycles. The summed E-state index contributed by atoms with van der Waals surface area (Å²) in [6, 6.07) is 3.55. The minimum atomic E-state index is 0.0555. The van der Waals surface area contributed by atoms with Crippen LogP contribution in [0.15, 0.2) is 28.3 Å². The predicted molar refractivity (Wildman–Crippen MR) is 78.1 cm³/mol. The van der Waals surface area contributed by atoms with Gasteiger partial charge in [0, 0.05) is 0 Å². The first-order valence-electron chi connectivity index (χ1n) is 6.33. The third-order valence-electron chi connectivity index (χ3n) is 3.31. The normalized spacial score (nSPS) is 14.8. The molecular weight excluding hydrogens is 308 g/mol. The number of hydrogen-bond donors (Lipinski definition) is 0. The van der Waals surface area contributed by atoms with Crippen LogP contribution in [0.25, 0.3) is 0 Å². The number of carbonyl (C=O) groups is 1. The SMILES string of the molecule is COc1ccc(C(=O)C2=CCCCC2)c(OC)c1Br. The minimum Gasteiger partial charge on any atom is -0.495 e. The van der Waals surface area contributed by atoms with Crippen LogP contribution >= 0.6 is 15.9 Å². The zero-order valence-electron chi connectivity index (χ0n) is 11.2. The second kappa shape index (κ2) is 6.24. The lowest BCUT2D eigenvalue weighted by atomic mass is 9.92.